The minimum absolute atomic E-state index is 0.110. The number of hydrogen-bond acceptors (Lipinski definition) is 7. The first-order valence-corrected chi connectivity index (χ1v) is 10.8. The number of aryl methyl sites for hydroxylation is 1. The topological polar surface area (TPSA) is 156 Å². The average molecular weight is 449 g/mol. The summed E-state index contributed by atoms with van der Waals surface area (Å²) in [4.78, 5) is 31.3. The zero-order chi connectivity index (χ0) is 22.4. The van der Waals surface area contributed by atoms with Crippen molar-refractivity contribution in [2.45, 2.75) is 11.8 Å². The van der Waals surface area contributed by atoms with Gasteiger partial charge >= 0.3 is 0 Å². The van der Waals surface area contributed by atoms with Gasteiger partial charge in [0, 0.05) is 25.0 Å². The van der Waals surface area contributed by atoms with Crippen molar-refractivity contribution in [2.75, 3.05) is 38.2 Å². The number of sulfonamides is 1. The van der Waals surface area contributed by atoms with Crippen LogP contribution in [0.4, 0.5) is 5.69 Å². The summed E-state index contributed by atoms with van der Waals surface area (Å²) in [6, 6.07) is 7.64. The van der Waals surface area contributed by atoms with Crippen molar-refractivity contribution in [2.24, 2.45) is 10.9 Å². The van der Waals surface area contributed by atoms with Gasteiger partial charge in [0.1, 0.15) is 0 Å². The van der Waals surface area contributed by atoms with Crippen LogP contribution < -0.4 is 16.6 Å². The summed E-state index contributed by atoms with van der Waals surface area (Å²) in [6.45, 7) is 2.43. The molecule has 0 bridgehead atoms. The standard InChI is InChI=1S/C19H23N5O6S/c1-13-4-5-14(11-16(13)31(27,28)24-7-9-29-10-8-24)22-17(25)12-30-23-18(20)15-3-2-6-21-19(15)26/h2-6,11H,7-10,12H2,1H3,(H2,20,23)(H,21,26)(H,22,25). The lowest BCUT2D eigenvalue weighted by Crippen LogP contribution is -2.40. The number of carbonyl (C=O) groups is 1. The fourth-order valence-corrected chi connectivity index (χ4v) is 4.57. The summed E-state index contributed by atoms with van der Waals surface area (Å²) >= 11 is 0. The van der Waals surface area contributed by atoms with E-state index in [2.05, 4.69) is 15.5 Å². The van der Waals surface area contributed by atoms with Crippen LogP contribution in [0, 0.1) is 6.92 Å². The quantitative estimate of drug-likeness (QED) is 0.305. The second kappa shape index (κ2) is 9.73. The van der Waals surface area contributed by atoms with E-state index in [9.17, 15) is 18.0 Å². The monoisotopic (exact) mass is 449 g/mol. The normalized spacial score (nSPS) is 15.5. The predicted octanol–water partition coefficient (Wildman–Crippen LogP) is -0.0202. The molecule has 1 amide bonds. The van der Waals surface area contributed by atoms with E-state index < -0.39 is 28.1 Å². The largest absolute Gasteiger partial charge is 0.384 e. The summed E-state index contributed by atoms with van der Waals surface area (Å²) in [7, 11) is -3.71. The molecule has 11 nitrogen and oxygen atoms in total. The molecular formula is C19H23N5O6S. The Morgan fingerprint density at radius 1 is 1.32 bits per heavy atom. The molecule has 0 radical (unpaired) electrons. The van der Waals surface area contributed by atoms with Gasteiger partial charge in [0.05, 0.1) is 23.7 Å². The van der Waals surface area contributed by atoms with Crippen LogP contribution in [0.25, 0.3) is 0 Å². The number of amides is 1. The number of H-pyrrole nitrogens is 1. The predicted molar refractivity (Wildman–Crippen MR) is 113 cm³/mol. The number of amidine groups is 1. The smallest absolute Gasteiger partial charge is 0.265 e. The first-order chi connectivity index (χ1) is 14.8. The molecule has 1 saturated heterocycles. The van der Waals surface area contributed by atoms with E-state index in [0.29, 0.717) is 24.5 Å². The molecule has 0 atom stereocenters. The Morgan fingerprint density at radius 3 is 2.77 bits per heavy atom. The van der Waals surface area contributed by atoms with Gasteiger partial charge in [-0.25, -0.2) is 8.42 Å². The molecule has 1 fully saturated rings. The van der Waals surface area contributed by atoms with Crippen molar-refractivity contribution in [1.29, 1.82) is 0 Å². The van der Waals surface area contributed by atoms with Crippen LogP contribution in [0.1, 0.15) is 11.1 Å². The number of anilines is 1. The highest BCUT2D eigenvalue weighted by atomic mass is 32.2. The molecule has 1 aliphatic rings. The average Bonchev–Trinajstić information content (AvgIpc) is 2.76. The minimum atomic E-state index is -3.71. The minimum Gasteiger partial charge on any atom is -0.384 e. The Bertz CT molecular complexity index is 1140. The molecule has 1 aliphatic heterocycles. The summed E-state index contributed by atoms with van der Waals surface area (Å²) in [5, 5.41) is 6.13. The number of oxime groups is 1. The molecular weight excluding hydrogens is 426 g/mol. The molecule has 1 aromatic carbocycles. The van der Waals surface area contributed by atoms with Gasteiger partial charge in [0.2, 0.25) is 10.0 Å². The lowest BCUT2D eigenvalue weighted by atomic mass is 10.2. The van der Waals surface area contributed by atoms with Crippen LogP contribution in [0.2, 0.25) is 0 Å². The zero-order valence-corrected chi connectivity index (χ0v) is 17.6. The number of carbonyl (C=O) groups excluding carboxylic acids is 1. The molecule has 0 unspecified atom stereocenters. The van der Waals surface area contributed by atoms with Gasteiger partial charge in [-0.2, -0.15) is 4.31 Å². The number of aromatic nitrogens is 1. The van der Waals surface area contributed by atoms with Gasteiger partial charge in [0.15, 0.2) is 12.4 Å². The summed E-state index contributed by atoms with van der Waals surface area (Å²) < 4.78 is 32.4. The van der Waals surface area contributed by atoms with E-state index in [-0.39, 0.29) is 29.4 Å². The van der Waals surface area contributed by atoms with Crippen molar-refractivity contribution in [3.63, 3.8) is 0 Å². The molecule has 2 heterocycles. The zero-order valence-electron chi connectivity index (χ0n) is 16.8. The maximum atomic E-state index is 12.9. The van der Waals surface area contributed by atoms with Crippen LogP contribution in [-0.2, 0) is 24.4 Å². The Morgan fingerprint density at radius 2 is 2.06 bits per heavy atom. The highest BCUT2D eigenvalue weighted by Crippen LogP contribution is 2.24. The summed E-state index contributed by atoms with van der Waals surface area (Å²) in [6.07, 6.45) is 1.45. The molecule has 4 N–H and O–H groups in total. The summed E-state index contributed by atoms with van der Waals surface area (Å²) in [5.41, 5.74) is 6.21. The van der Waals surface area contributed by atoms with Crippen molar-refractivity contribution < 1.29 is 22.8 Å². The van der Waals surface area contributed by atoms with Crippen molar-refractivity contribution in [1.82, 2.24) is 9.29 Å². The fourth-order valence-electron chi connectivity index (χ4n) is 2.91. The van der Waals surface area contributed by atoms with E-state index in [1.54, 1.807) is 25.1 Å². The number of nitrogens with zero attached hydrogens (tertiary/aromatic N) is 2. The first kappa shape index (κ1) is 22.5. The number of morpholine rings is 1. The highest BCUT2D eigenvalue weighted by Gasteiger charge is 2.28. The molecule has 31 heavy (non-hydrogen) atoms. The third-order valence-corrected chi connectivity index (χ3v) is 6.55. The lowest BCUT2D eigenvalue weighted by molar-refractivity contribution is -0.120. The summed E-state index contributed by atoms with van der Waals surface area (Å²) in [5.74, 6) is -0.749. The Kier molecular flexibility index (Phi) is 7.05. The first-order valence-electron chi connectivity index (χ1n) is 9.41. The van der Waals surface area contributed by atoms with Crippen molar-refractivity contribution in [3.8, 4) is 0 Å². The molecule has 0 aliphatic carbocycles. The van der Waals surface area contributed by atoms with Gasteiger partial charge in [-0.1, -0.05) is 11.2 Å². The van der Waals surface area contributed by atoms with Gasteiger partial charge in [-0.15, -0.1) is 0 Å². The number of hydrogen-bond donors (Lipinski definition) is 3. The van der Waals surface area contributed by atoms with Crippen LogP contribution in [0.15, 0.2) is 51.4 Å². The molecule has 2 aromatic rings. The molecule has 166 valence electrons. The highest BCUT2D eigenvalue weighted by molar-refractivity contribution is 7.89. The number of benzene rings is 1. The number of rotatable bonds is 7. The maximum Gasteiger partial charge on any atom is 0.265 e. The second-order valence-electron chi connectivity index (χ2n) is 6.71. The van der Waals surface area contributed by atoms with Crippen LogP contribution in [0.3, 0.4) is 0 Å². The van der Waals surface area contributed by atoms with Crippen LogP contribution in [-0.4, -0.2) is 62.4 Å². The third kappa shape index (κ3) is 5.48. The molecule has 12 heteroatoms. The van der Waals surface area contributed by atoms with E-state index in [1.165, 1.54) is 22.6 Å². The number of nitrogens with two attached hydrogens (primary N) is 1. The van der Waals surface area contributed by atoms with Crippen LogP contribution in [0.5, 0.6) is 0 Å². The lowest BCUT2D eigenvalue weighted by Gasteiger charge is -2.26. The van der Waals surface area contributed by atoms with Crippen molar-refractivity contribution >= 4 is 27.5 Å². The molecule has 0 spiro atoms. The molecule has 1 aromatic heterocycles. The number of pyridine rings is 1. The van der Waals surface area contributed by atoms with E-state index in [1.807, 2.05) is 0 Å². The molecule has 0 saturated carbocycles. The van der Waals surface area contributed by atoms with Gasteiger partial charge in [-0.3, -0.25) is 9.59 Å². The second-order valence-corrected chi connectivity index (χ2v) is 8.61. The van der Waals surface area contributed by atoms with E-state index in [0.717, 1.165) is 0 Å². The SMILES string of the molecule is Cc1ccc(NC(=O)CO/N=C(\N)c2ccc[nH]c2=O)cc1S(=O)(=O)N1CCOCC1. The van der Waals surface area contributed by atoms with Gasteiger partial charge in [-0.05, 0) is 36.8 Å². The van der Waals surface area contributed by atoms with Gasteiger partial charge < -0.3 is 25.6 Å². The van der Waals surface area contributed by atoms with Gasteiger partial charge in [0.25, 0.3) is 11.5 Å². The van der Waals surface area contributed by atoms with Crippen molar-refractivity contribution in [3.05, 3.63) is 58.0 Å². The maximum absolute atomic E-state index is 12.9. The number of nitrogens with one attached hydrogen (secondary N) is 2. The Balaban J connectivity index is 1.65. The fraction of sp³-hybridized carbons (Fsp3) is 0.316. The Labute approximate surface area is 178 Å². The molecule has 3 rings (SSSR count). The van der Waals surface area contributed by atoms with E-state index >= 15 is 0 Å². The number of aromatic amines is 1. The van der Waals surface area contributed by atoms with Crippen LogP contribution >= 0.6 is 0 Å². The third-order valence-electron chi connectivity index (χ3n) is 4.51. The number of ether oxygens (including phenoxy) is 1. The van der Waals surface area contributed by atoms with E-state index in [4.69, 9.17) is 15.3 Å². The Hall–Kier alpha value is -3.22.